The Kier molecular flexibility index (Phi) is 5.86. The molecule has 0 bridgehead atoms. The van der Waals surface area contributed by atoms with E-state index in [4.69, 9.17) is 0 Å². The van der Waals surface area contributed by atoms with Crippen molar-refractivity contribution >= 4 is 0 Å². The number of aliphatic hydroxyl groups excluding tert-OH is 1. The highest BCUT2D eigenvalue weighted by Crippen LogP contribution is 2.28. The quantitative estimate of drug-likeness (QED) is 0.761. The maximum absolute atomic E-state index is 10.3. The fraction of sp³-hybridized carbons (Fsp3) is 0.400. The van der Waals surface area contributed by atoms with Crippen molar-refractivity contribution < 1.29 is 15.3 Å². The van der Waals surface area contributed by atoms with E-state index in [9.17, 15) is 15.3 Å². The summed E-state index contributed by atoms with van der Waals surface area (Å²) in [6.45, 7) is 9.30. The van der Waals surface area contributed by atoms with E-state index in [0.29, 0.717) is 31.1 Å². The molecule has 0 saturated carbocycles. The Balaban J connectivity index is 2.28. The van der Waals surface area contributed by atoms with Gasteiger partial charge in [0.15, 0.2) is 0 Å². The first-order chi connectivity index (χ1) is 11.3. The summed E-state index contributed by atoms with van der Waals surface area (Å²) in [6, 6.07) is 7.83. The second-order valence-corrected chi connectivity index (χ2v) is 6.61. The predicted octanol–water partition coefficient (Wildman–Crippen LogP) is 3.33. The number of hydrogen-bond donors (Lipinski definition) is 3. The van der Waals surface area contributed by atoms with Crippen LogP contribution in [0.5, 0.6) is 11.5 Å². The van der Waals surface area contributed by atoms with Crippen LogP contribution in [0.2, 0.25) is 0 Å². The number of rotatable bonds is 6. The van der Waals surface area contributed by atoms with Gasteiger partial charge < -0.3 is 15.3 Å². The van der Waals surface area contributed by atoms with Crippen LogP contribution in [0.3, 0.4) is 0 Å². The van der Waals surface area contributed by atoms with E-state index in [1.165, 1.54) is 0 Å². The summed E-state index contributed by atoms with van der Waals surface area (Å²) in [5.41, 5.74) is 5.57. The van der Waals surface area contributed by atoms with Crippen LogP contribution in [0, 0.1) is 27.7 Å². The van der Waals surface area contributed by atoms with E-state index in [1.807, 2.05) is 56.9 Å². The molecule has 0 atom stereocenters. The minimum atomic E-state index is 0.0249. The molecule has 2 aromatic rings. The van der Waals surface area contributed by atoms with Crippen LogP contribution in [0.15, 0.2) is 24.3 Å². The zero-order valence-electron chi connectivity index (χ0n) is 14.9. The van der Waals surface area contributed by atoms with Crippen molar-refractivity contribution in [1.29, 1.82) is 0 Å². The van der Waals surface area contributed by atoms with Crippen LogP contribution >= 0.6 is 0 Å². The first-order valence-electron chi connectivity index (χ1n) is 8.23. The fourth-order valence-electron chi connectivity index (χ4n) is 3.17. The van der Waals surface area contributed by atoms with E-state index in [2.05, 4.69) is 0 Å². The molecule has 24 heavy (non-hydrogen) atoms. The van der Waals surface area contributed by atoms with Crippen LogP contribution in [0.1, 0.15) is 33.4 Å². The monoisotopic (exact) mass is 329 g/mol. The molecule has 0 spiro atoms. The average Bonchev–Trinajstić information content (AvgIpc) is 2.49. The highest BCUT2D eigenvalue weighted by Gasteiger charge is 2.14. The van der Waals surface area contributed by atoms with Crippen molar-refractivity contribution in [3.05, 3.63) is 57.6 Å². The van der Waals surface area contributed by atoms with Crippen molar-refractivity contribution in [3.63, 3.8) is 0 Å². The average molecular weight is 329 g/mol. The van der Waals surface area contributed by atoms with E-state index < -0.39 is 0 Å². The van der Waals surface area contributed by atoms with Gasteiger partial charge in [-0.3, -0.25) is 4.90 Å². The largest absolute Gasteiger partial charge is 0.507 e. The summed E-state index contributed by atoms with van der Waals surface area (Å²) in [6.07, 6.45) is 0. The third-order valence-corrected chi connectivity index (χ3v) is 4.25. The van der Waals surface area contributed by atoms with E-state index >= 15 is 0 Å². The van der Waals surface area contributed by atoms with Gasteiger partial charge in [0.25, 0.3) is 0 Å². The standard InChI is InChI=1S/C20H27NO3/c1-13-7-15(3)19(23)17(9-13)11-21(5-6-22)12-18-10-14(2)8-16(4)20(18)24/h7-10,22-24H,5-6,11-12H2,1-4H3. The lowest BCUT2D eigenvalue weighted by Crippen LogP contribution is -2.26. The molecule has 4 nitrogen and oxygen atoms in total. The Hall–Kier alpha value is -2.04. The molecule has 0 heterocycles. The van der Waals surface area contributed by atoms with Gasteiger partial charge in [-0.2, -0.15) is 0 Å². The summed E-state index contributed by atoms with van der Waals surface area (Å²) in [4.78, 5) is 2.03. The molecule has 0 aliphatic heterocycles. The molecule has 2 rings (SSSR count). The third kappa shape index (κ3) is 4.28. The van der Waals surface area contributed by atoms with Crippen molar-refractivity contribution in [3.8, 4) is 11.5 Å². The lowest BCUT2D eigenvalue weighted by Gasteiger charge is -2.24. The molecule has 0 aromatic heterocycles. The first kappa shape index (κ1) is 18.3. The summed E-state index contributed by atoms with van der Waals surface area (Å²) < 4.78 is 0. The molecular weight excluding hydrogens is 302 g/mol. The summed E-state index contributed by atoms with van der Waals surface area (Å²) in [7, 11) is 0. The number of phenols is 2. The summed E-state index contributed by atoms with van der Waals surface area (Å²) in [5, 5.41) is 30.0. The maximum Gasteiger partial charge on any atom is 0.122 e. The highest BCUT2D eigenvalue weighted by molar-refractivity contribution is 5.44. The Morgan fingerprint density at radius 1 is 0.750 bits per heavy atom. The molecule has 0 aliphatic carbocycles. The summed E-state index contributed by atoms with van der Waals surface area (Å²) >= 11 is 0. The zero-order valence-corrected chi connectivity index (χ0v) is 14.9. The molecule has 0 aliphatic rings. The van der Waals surface area contributed by atoms with Gasteiger partial charge in [0, 0.05) is 30.8 Å². The molecule has 0 unspecified atom stereocenters. The van der Waals surface area contributed by atoms with Crippen molar-refractivity contribution in [2.24, 2.45) is 0 Å². The second kappa shape index (κ2) is 7.69. The van der Waals surface area contributed by atoms with Gasteiger partial charge in [-0.15, -0.1) is 0 Å². The first-order valence-corrected chi connectivity index (χ1v) is 8.23. The minimum absolute atomic E-state index is 0.0249. The topological polar surface area (TPSA) is 63.9 Å². The Labute approximate surface area is 144 Å². The van der Waals surface area contributed by atoms with Crippen LogP contribution in [0.25, 0.3) is 0 Å². The van der Waals surface area contributed by atoms with Crippen LogP contribution in [-0.4, -0.2) is 33.4 Å². The molecule has 4 heteroatoms. The van der Waals surface area contributed by atoms with Gasteiger partial charge in [-0.25, -0.2) is 0 Å². The predicted molar refractivity (Wildman–Crippen MR) is 96.4 cm³/mol. The number of aromatic hydroxyl groups is 2. The number of benzene rings is 2. The number of nitrogens with zero attached hydrogens (tertiary/aromatic N) is 1. The van der Waals surface area contributed by atoms with E-state index in [-0.39, 0.29) is 6.61 Å². The lowest BCUT2D eigenvalue weighted by molar-refractivity contribution is 0.181. The minimum Gasteiger partial charge on any atom is -0.507 e. The molecule has 0 radical (unpaired) electrons. The molecule has 0 saturated heterocycles. The zero-order chi connectivity index (χ0) is 17.9. The molecule has 3 N–H and O–H groups in total. The third-order valence-electron chi connectivity index (χ3n) is 4.25. The SMILES string of the molecule is Cc1cc(C)c(O)c(CN(CCO)Cc2cc(C)cc(C)c2O)c1. The number of phenolic OH excluding ortho intramolecular Hbond substituents is 2. The smallest absolute Gasteiger partial charge is 0.122 e. The lowest BCUT2D eigenvalue weighted by atomic mass is 10.0. The van der Waals surface area contributed by atoms with E-state index in [1.54, 1.807) is 0 Å². The number of aryl methyl sites for hydroxylation is 4. The second-order valence-electron chi connectivity index (χ2n) is 6.61. The maximum atomic E-state index is 10.3. The Morgan fingerprint density at radius 3 is 1.54 bits per heavy atom. The fourth-order valence-corrected chi connectivity index (χ4v) is 3.17. The summed E-state index contributed by atoms with van der Waals surface area (Å²) in [5.74, 6) is 0.598. The number of aliphatic hydroxyl groups is 1. The molecular formula is C20H27NO3. The van der Waals surface area contributed by atoms with E-state index in [0.717, 1.165) is 33.4 Å². The molecule has 130 valence electrons. The van der Waals surface area contributed by atoms with Gasteiger partial charge in [0.2, 0.25) is 0 Å². The van der Waals surface area contributed by atoms with Crippen molar-refractivity contribution in [2.45, 2.75) is 40.8 Å². The van der Waals surface area contributed by atoms with Gasteiger partial charge in [-0.1, -0.05) is 35.4 Å². The molecule has 2 aromatic carbocycles. The van der Waals surface area contributed by atoms with Crippen LogP contribution < -0.4 is 0 Å². The molecule has 0 fully saturated rings. The number of hydrogen-bond acceptors (Lipinski definition) is 4. The van der Waals surface area contributed by atoms with Gasteiger partial charge in [0.05, 0.1) is 6.61 Å². The van der Waals surface area contributed by atoms with Crippen molar-refractivity contribution in [1.82, 2.24) is 4.90 Å². The van der Waals surface area contributed by atoms with Crippen LogP contribution in [-0.2, 0) is 13.1 Å². The Morgan fingerprint density at radius 2 is 1.17 bits per heavy atom. The van der Waals surface area contributed by atoms with Gasteiger partial charge in [-0.05, 0) is 38.8 Å². The van der Waals surface area contributed by atoms with Gasteiger partial charge in [0.1, 0.15) is 11.5 Å². The van der Waals surface area contributed by atoms with Gasteiger partial charge >= 0.3 is 0 Å². The van der Waals surface area contributed by atoms with Crippen molar-refractivity contribution in [2.75, 3.05) is 13.2 Å². The van der Waals surface area contributed by atoms with Crippen LogP contribution in [0.4, 0.5) is 0 Å². The Bertz CT molecular complexity index is 666. The molecule has 0 amide bonds. The highest BCUT2D eigenvalue weighted by atomic mass is 16.3. The normalized spacial score (nSPS) is 11.2.